The Morgan fingerprint density at radius 1 is 1.23 bits per heavy atom. The number of alkyl carbamates (subject to hydrolysis) is 1. The van der Waals surface area contributed by atoms with Crippen LogP contribution >= 0.6 is 0 Å². The van der Waals surface area contributed by atoms with Crippen LogP contribution in [0.5, 0.6) is 11.5 Å². The van der Waals surface area contributed by atoms with Crippen LogP contribution in [0.1, 0.15) is 31.9 Å². The molecule has 0 spiro atoms. The summed E-state index contributed by atoms with van der Waals surface area (Å²) in [7, 11) is 0. The molecule has 0 aromatic heterocycles. The predicted octanol–water partition coefficient (Wildman–Crippen LogP) is 3.12. The van der Waals surface area contributed by atoms with Gasteiger partial charge in [0.2, 0.25) is 0 Å². The molecule has 0 aliphatic heterocycles. The van der Waals surface area contributed by atoms with E-state index in [-0.39, 0.29) is 11.1 Å². The highest BCUT2D eigenvalue weighted by molar-refractivity contribution is 5.80. The van der Waals surface area contributed by atoms with Crippen molar-refractivity contribution in [3.8, 4) is 11.5 Å². The van der Waals surface area contributed by atoms with E-state index >= 15 is 0 Å². The number of ether oxygens (including phenoxy) is 2. The highest BCUT2D eigenvalue weighted by Gasteiger charge is 2.32. The zero-order valence-electron chi connectivity index (χ0n) is 14.6. The average molecular weight is 379 g/mol. The number of halogens is 3. The molecule has 0 saturated carbocycles. The van der Waals surface area contributed by atoms with Gasteiger partial charge in [0, 0.05) is 12.0 Å². The summed E-state index contributed by atoms with van der Waals surface area (Å²) in [6.07, 6.45) is -6.43. The number of rotatable bonds is 5. The number of nitrogens with one attached hydrogen (secondary N) is 1. The molecule has 146 valence electrons. The van der Waals surface area contributed by atoms with Crippen molar-refractivity contribution in [1.29, 1.82) is 0 Å². The van der Waals surface area contributed by atoms with Crippen molar-refractivity contribution in [2.24, 2.45) is 0 Å². The molecule has 1 rings (SSSR count). The predicted molar refractivity (Wildman–Crippen MR) is 84.0 cm³/mol. The number of carboxylic acids is 1. The standard InChI is InChI=1S/C16H20F3NO6/c1-8-5-10(25-16(17,18)19)6-9(12(8)21)7-11(13(22)23)20-14(24)26-15(2,3)4/h5-6,11,21H,7H2,1-4H3,(H,20,24)(H,22,23). The number of hydrogen-bond donors (Lipinski definition) is 3. The molecule has 0 bridgehead atoms. The maximum Gasteiger partial charge on any atom is 0.573 e. The summed E-state index contributed by atoms with van der Waals surface area (Å²) in [4.78, 5) is 23.1. The number of amides is 1. The molecule has 0 saturated heterocycles. The molecule has 26 heavy (non-hydrogen) atoms. The van der Waals surface area contributed by atoms with Crippen molar-refractivity contribution in [2.75, 3.05) is 0 Å². The average Bonchev–Trinajstić information content (AvgIpc) is 2.39. The van der Waals surface area contributed by atoms with Crippen LogP contribution in [0, 0.1) is 6.92 Å². The van der Waals surface area contributed by atoms with Gasteiger partial charge >= 0.3 is 18.4 Å². The van der Waals surface area contributed by atoms with Crippen LogP contribution in [0.2, 0.25) is 0 Å². The minimum Gasteiger partial charge on any atom is -0.507 e. The van der Waals surface area contributed by atoms with Gasteiger partial charge in [0.1, 0.15) is 23.1 Å². The van der Waals surface area contributed by atoms with E-state index in [0.29, 0.717) is 0 Å². The Morgan fingerprint density at radius 3 is 2.27 bits per heavy atom. The molecule has 0 heterocycles. The normalized spacial score (nSPS) is 13.0. The van der Waals surface area contributed by atoms with Crippen molar-refractivity contribution in [2.45, 2.75) is 52.1 Å². The maximum atomic E-state index is 12.4. The quantitative estimate of drug-likeness (QED) is 0.726. The van der Waals surface area contributed by atoms with E-state index in [1.165, 1.54) is 6.92 Å². The van der Waals surface area contributed by atoms with Gasteiger partial charge in [-0.15, -0.1) is 13.2 Å². The molecule has 3 N–H and O–H groups in total. The lowest BCUT2D eigenvalue weighted by Crippen LogP contribution is -2.44. The molecular formula is C16H20F3NO6. The van der Waals surface area contributed by atoms with Gasteiger partial charge in [0.25, 0.3) is 0 Å². The first-order chi connectivity index (χ1) is 11.7. The number of aryl methyl sites for hydroxylation is 1. The summed E-state index contributed by atoms with van der Waals surface area (Å²) >= 11 is 0. The van der Waals surface area contributed by atoms with Crippen LogP contribution in [-0.2, 0) is 16.0 Å². The second-order valence-corrected chi connectivity index (χ2v) is 6.54. The van der Waals surface area contributed by atoms with E-state index in [1.54, 1.807) is 20.8 Å². The third-order valence-corrected chi connectivity index (χ3v) is 3.00. The number of aromatic hydroxyl groups is 1. The highest BCUT2D eigenvalue weighted by Crippen LogP contribution is 2.32. The molecular weight excluding hydrogens is 359 g/mol. The van der Waals surface area contributed by atoms with Crippen LogP contribution in [-0.4, -0.2) is 40.3 Å². The van der Waals surface area contributed by atoms with Gasteiger partial charge in [-0.1, -0.05) is 0 Å². The summed E-state index contributed by atoms with van der Waals surface area (Å²) < 4.78 is 45.9. The fraction of sp³-hybridized carbons (Fsp3) is 0.500. The van der Waals surface area contributed by atoms with Gasteiger partial charge in [0.15, 0.2) is 0 Å². The molecule has 1 atom stereocenters. The SMILES string of the molecule is Cc1cc(OC(F)(F)F)cc(CC(NC(=O)OC(C)(C)C)C(=O)O)c1O. The number of phenolic OH excluding ortho intramolecular Hbond substituents is 1. The summed E-state index contributed by atoms with van der Waals surface area (Å²) in [6, 6.07) is 0.294. The monoisotopic (exact) mass is 379 g/mol. The lowest BCUT2D eigenvalue weighted by molar-refractivity contribution is -0.274. The Balaban J connectivity index is 3.04. The molecule has 0 aliphatic carbocycles. The van der Waals surface area contributed by atoms with Crippen molar-refractivity contribution >= 4 is 12.1 Å². The molecule has 1 unspecified atom stereocenters. The lowest BCUT2D eigenvalue weighted by Gasteiger charge is -2.22. The first kappa shape index (κ1) is 21.4. The lowest BCUT2D eigenvalue weighted by atomic mass is 10.0. The summed E-state index contributed by atoms with van der Waals surface area (Å²) in [5.74, 6) is -2.45. The van der Waals surface area contributed by atoms with Crippen molar-refractivity contribution < 1.29 is 42.4 Å². The van der Waals surface area contributed by atoms with Gasteiger partial charge in [-0.25, -0.2) is 9.59 Å². The minimum absolute atomic E-state index is 0.0585. The molecule has 1 amide bonds. The number of alkyl halides is 3. The highest BCUT2D eigenvalue weighted by atomic mass is 19.4. The van der Waals surface area contributed by atoms with E-state index in [2.05, 4.69) is 10.1 Å². The van der Waals surface area contributed by atoms with E-state index in [0.717, 1.165) is 12.1 Å². The molecule has 0 radical (unpaired) electrons. The minimum atomic E-state index is -4.94. The van der Waals surface area contributed by atoms with Gasteiger partial charge in [-0.2, -0.15) is 0 Å². The van der Waals surface area contributed by atoms with Crippen LogP contribution < -0.4 is 10.1 Å². The van der Waals surface area contributed by atoms with Crippen LogP contribution in [0.3, 0.4) is 0 Å². The Bertz CT molecular complexity index is 682. The first-order valence-electron chi connectivity index (χ1n) is 7.48. The summed E-state index contributed by atoms with van der Waals surface area (Å²) in [6.45, 7) is 6.07. The fourth-order valence-corrected chi connectivity index (χ4v) is 2.03. The van der Waals surface area contributed by atoms with E-state index in [4.69, 9.17) is 4.74 Å². The summed E-state index contributed by atoms with van der Waals surface area (Å²) in [5, 5.41) is 21.3. The topological polar surface area (TPSA) is 105 Å². The van der Waals surface area contributed by atoms with E-state index in [9.17, 15) is 33.0 Å². The van der Waals surface area contributed by atoms with Gasteiger partial charge in [0.05, 0.1) is 0 Å². The first-order valence-corrected chi connectivity index (χ1v) is 7.48. The maximum absolute atomic E-state index is 12.4. The van der Waals surface area contributed by atoms with Crippen molar-refractivity contribution in [3.63, 3.8) is 0 Å². The van der Waals surface area contributed by atoms with Gasteiger partial charge < -0.3 is 25.0 Å². The number of carboxylic acid groups (broad SMARTS) is 1. The summed E-state index contributed by atoms with van der Waals surface area (Å²) in [5.41, 5.74) is -0.942. The van der Waals surface area contributed by atoms with E-state index in [1.807, 2.05) is 0 Å². The van der Waals surface area contributed by atoms with Crippen molar-refractivity contribution in [3.05, 3.63) is 23.3 Å². The smallest absolute Gasteiger partial charge is 0.507 e. The third kappa shape index (κ3) is 7.08. The molecule has 1 aromatic carbocycles. The molecule has 0 fully saturated rings. The number of benzene rings is 1. The molecule has 1 aromatic rings. The van der Waals surface area contributed by atoms with E-state index < -0.39 is 48.0 Å². The fourth-order valence-electron chi connectivity index (χ4n) is 2.03. The molecule has 0 aliphatic rings. The molecule has 7 nitrogen and oxygen atoms in total. The number of carbonyl (C=O) groups is 2. The second kappa shape index (κ2) is 7.71. The molecule has 10 heteroatoms. The Kier molecular flexibility index (Phi) is 6.34. The van der Waals surface area contributed by atoms with Crippen molar-refractivity contribution in [1.82, 2.24) is 5.32 Å². The number of phenols is 1. The van der Waals surface area contributed by atoms with Gasteiger partial charge in [-0.05, 0) is 45.4 Å². The number of aliphatic carboxylic acids is 1. The second-order valence-electron chi connectivity index (χ2n) is 6.54. The third-order valence-electron chi connectivity index (χ3n) is 3.00. The number of carbonyl (C=O) groups excluding carboxylic acids is 1. The Labute approximate surface area is 147 Å². The number of hydrogen-bond acceptors (Lipinski definition) is 5. The van der Waals surface area contributed by atoms with Crippen LogP contribution in [0.15, 0.2) is 12.1 Å². The van der Waals surface area contributed by atoms with Gasteiger partial charge in [-0.3, -0.25) is 0 Å². The Hall–Kier alpha value is -2.65. The van der Waals surface area contributed by atoms with Crippen LogP contribution in [0.4, 0.5) is 18.0 Å². The Morgan fingerprint density at radius 2 is 1.81 bits per heavy atom. The zero-order chi connectivity index (χ0) is 20.3. The largest absolute Gasteiger partial charge is 0.573 e. The van der Waals surface area contributed by atoms with Crippen LogP contribution in [0.25, 0.3) is 0 Å². The zero-order valence-corrected chi connectivity index (χ0v) is 14.6.